The lowest BCUT2D eigenvalue weighted by molar-refractivity contribution is -0.133. The predicted octanol–water partition coefficient (Wildman–Crippen LogP) is 9.21. The number of carbonyl (C=O) groups excluding carboxylic acids is 4. The van der Waals surface area contributed by atoms with Crippen LogP contribution in [0.5, 0.6) is 0 Å². The molecule has 454 valence electrons. The second-order valence-electron chi connectivity index (χ2n) is 25.5. The van der Waals surface area contributed by atoms with Crippen molar-refractivity contribution in [3.8, 4) is 11.1 Å². The number of nitrogens with one attached hydrogen (secondary N) is 2. The first-order valence-corrected chi connectivity index (χ1v) is 32.2. The van der Waals surface area contributed by atoms with Gasteiger partial charge in [0, 0.05) is 126 Å². The summed E-state index contributed by atoms with van der Waals surface area (Å²) < 4.78 is 13.1. The van der Waals surface area contributed by atoms with Crippen molar-refractivity contribution >= 4 is 75.3 Å². The molecule has 5 saturated heterocycles. The van der Waals surface area contributed by atoms with Crippen LogP contribution in [0, 0.1) is 11.8 Å². The molecule has 20 heteroatoms. The maximum atomic E-state index is 13.3. The number of likely N-dealkylation sites (N-methyl/N-ethyl adjacent to an activating group) is 2. The highest BCUT2D eigenvalue weighted by molar-refractivity contribution is 9.10. The third kappa shape index (κ3) is 13.9. The largest absolute Gasteiger partial charge is 0.494 e. The number of amides is 4. The van der Waals surface area contributed by atoms with E-state index in [0.717, 1.165) is 166 Å². The molecule has 5 aliphatic heterocycles. The first-order valence-electron chi connectivity index (χ1n) is 30.6. The normalized spacial score (nSPS) is 22.9. The van der Waals surface area contributed by atoms with Crippen LogP contribution in [0.3, 0.4) is 0 Å². The lowest BCUT2D eigenvalue weighted by atomic mass is 9.79. The van der Waals surface area contributed by atoms with Crippen LogP contribution < -0.4 is 5.46 Å². The lowest BCUT2D eigenvalue weighted by Gasteiger charge is -2.32. The number of halogens is 3. The third-order valence-electron chi connectivity index (χ3n) is 19.3. The molecule has 0 saturated carbocycles. The molecule has 4 atom stereocenters. The summed E-state index contributed by atoms with van der Waals surface area (Å²) >= 11 is 16.5. The molecular weight excluding hydrogens is 1190 g/mol. The van der Waals surface area contributed by atoms with E-state index in [-0.39, 0.29) is 59.8 Å². The predicted molar refractivity (Wildman–Crippen MR) is 341 cm³/mol. The monoisotopic (exact) mass is 1270 g/mol. The summed E-state index contributed by atoms with van der Waals surface area (Å²) in [5.41, 5.74) is 10.7. The number of aromatic amines is 2. The number of likely N-dealkylation sites (tertiary alicyclic amines) is 2. The number of H-pyrrole nitrogens is 2. The summed E-state index contributed by atoms with van der Waals surface area (Å²) in [6.45, 7) is 16.6. The van der Waals surface area contributed by atoms with Crippen LogP contribution in [0.15, 0.2) is 102 Å². The van der Waals surface area contributed by atoms with Crippen LogP contribution in [-0.4, -0.2) is 183 Å². The number of piperazine rings is 2. The first-order chi connectivity index (χ1) is 41.3. The molecule has 4 unspecified atom stereocenters. The van der Waals surface area contributed by atoms with Gasteiger partial charge in [-0.2, -0.15) is 10.2 Å². The SMILES string of the molecule is CN1CCN(C(=O)c2ccc(-c3ccc(CC4CCN(C5CCc6[nH]ncc6C5)C4=O)c(Cl)c3)cc2)CC1.CN1CCN(C(=O)c2ccc(B3OC(C)(C)C(C)(C)O3)cc2)CC1.O=C1C(Cc2ccc(Br)cc2Cl)CCN1C1CCc2[nH]ncc2C1. The number of rotatable bonds is 10. The van der Waals surface area contributed by atoms with Gasteiger partial charge in [-0.15, -0.1) is 0 Å². The van der Waals surface area contributed by atoms with Gasteiger partial charge in [0.05, 0.1) is 23.6 Å². The molecule has 7 heterocycles. The smallest absolute Gasteiger partial charge is 0.399 e. The van der Waals surface area contributed by atoms with E-state index in [4.69, 9.17) is 32.5 Å². The fourth-order valence-electron chi connectivity index (χ4n) is 13.0. The minimum Gasteiger partial charge on any atom is -0.399 e. The van der Waals surface area contributed by atoms with Crippen molar-refractivity contribution in [3.63, 3.8) is 0 Å². The zero-order chi connectivity index (χ0) is 60.4. The van der Waals surface area contributed by atoms with Crippen molar-refractivity contribution in [2.24, 2.45) is 11.8 Å². The van der Waals surface area contributed by atoms with Gasteiger partial charge in [0.25, 0.3) is 11.8 Å². The fourth-order valence-corrected chi connectivity index (χ4v) is 14.0. The summed E-state index contributed by atoms with van der Waals surface area (Å²) in [4.78, 5) is 64.2. The van der Waals surface area contributed by atoms with E-state index in [1.54, 1.807) is 0 Å². The van der Waals surface area contributed by atoms with Crippen LogP contribution in [-0.2, 0) is 57.4 Å². The molecule has 4 amide bonds. The summed E-state index contributed by atoms with van der Waals surface area (Å²) in [6.07, 6.45) is 12.7. The van der Waals surface area contributed by atoms with Gasteiger partial charge in [-0.25, -0.2) is 0 Å². The Labute approximate surface area is 524 Å². The van der Waals surface area contributed by atoms with Crippen LogP contribution in [0.25, 0.3) is 11.1 Å². The second kappa shape index (κ2) is 26.5. The molecule has 86 heavy (non-hydrogen) atoms. The van der Waals surface area contributed by atoms with Crippen LogP contribution in [0.4, 0.5) is 0 Å². The van der Waals surface area contributed by atoms with Gasteiger partial charge in [0.15, 0.2) is 0 Å². The fraction of sp³-hybridized carbons (Fsp3) is 0.485. The summed E-state index contributed by atoms with van der Waals surface area (Å²) in [5.74, 6) is 0.752. The van der Waals surface area contributed by atoms with Crippen molar-refractivity contribution in [1.29, 1.82) is 0 Å². The molecule has 7 aliphatic rings. The zero-order valence-electron chi connectivity index (χ0n) is 50.4. The zero-order valence-corrected chi connectivity index (χ0v) is 53.5. The second-order valence-corrected chi connectivity index (χ2v) is 27.2. The molecule has 2 aliphatic carbocycles. The summed E-state index contributed by atoms with van der Waals surface area (Å²) in [5, 5.41) is 15.8. The summed E-state index contributed by atoms with van der Waals surface area (Å²) in [6, 6.07) is 28.0. The maximum Gasteiger partial charge on any atom is 0.494 e. The number of aryl methyl sites for hydroxylation is 2. The number of aromatic nitrogens is 4. The molecule has 2 N–H and O–H groups in total. The topological polar surface area (TPSA) is 164 Å². The number of nitrogens with zero attached hydrogens (tertiary/aromatic N) is 8. The van der Waals surface area contributed by atoms with Crippen molar-refractivity contribution in [2.75, 3.05) is 79.5 Å². The average molecular weight is 1270 g/mol. The Morgan fingerprint density at radius 1 is 0.581 bits per heavy atom. The highest BCUT2D eigenvalue weighted by Crippen LogP contribution is 2.38. The van der Waals surface area contributed by atoms with Crippen LogP contribution in [0.1, 0.15) is 108 Å². The van der Waals surface area contributed by atoms with E-state index in [1.165, 1.54) is 22.5 Å². The van der Waals surface area contributed by atoms with Gasteiger partial charge >= 0.3 is 7.12 Å². The van der Waals surface area contributed by atoms with Gasteiger partial charge in [-0.05, 0) is 187 Å². The van der Waals surface area contributed by atoms with Crippen LogP contribution in [0.2, 0.25) is 10.0 Å². The van der Waals surface area contributed by atoms with E-state index in [1.807, 2.05) is 123 Å². The minimum atomic E-state index is -0.386. The van der Waals surface area contributed by atoms with E-state index < -0.39 is 0 Å². The van der Waals surface area contributed by atoms with Crippen LogP contribution >= 0.6 is 39.1 Å². The van der Waals surface area contributed by atoms with Gasteiger partial charge in [0.1, 0.15) is 0 Å². The van der Waals surface area contributed by atoms with E-state index >= 15 is 0 Å². The number of hydrogen-bond acceptors (Lipinski definition) is 10. The maximum absolute atomic E-state index is 13.3. The molecule has 6 aromatic rings. The van der Waals surface area contributed by atoms with E-state index in [0.29, 0.717) is 23.0 Å². The van der Waals surface area contributed by atoms with Gasteiger partial charge in [-0.1, -0.05) is 81.6 Å². The minimum absolute atomic E-state index is 0.0241. The van der Waals surface area contributed by atoms with Gasteiger partial charge in [0.2, 0.25) is 11.8 Å². The van der Waals surface area contributed by atoms with Crippen molar-refractivity contribution in [2.45, 2.75) is 115 Å². The molecule has 4 aromatic carbocycles. The molecule has 16 nitrogen and oxygen atoms in total. The Balaban J connectivity index is 0.000000140. The van der Waals surface area contributed by atoms with Gasteiger partial charge in [-0.3, -0.25) is 29.4 Å². The summed E-state index contributed by atoms with van der Waals surface area (Å²) in [7, 11) is 3.78. The average Bonchev–Trinajstić information content (AvgIpc) is 3.25. The highest BCUT2D eigenvalue weighted by Gasteiger charge is 2.52. The standard InChI is InChI=1S/C30H34ClN5O2.C18H27BN2O3.C18H19BrClN3O/c1-34-12-14-35(15-13-34)29(37)21-4-2-20(3-5-21)22-6-7-23(27(31)18-22)16-24-10-11-36(30(24)38)26-8-9-28-25(17-26)19-32-33-28;1-17(2)18(3,4)24-19(23-17)15-8-6-14(7-9-15)16(22)21-12-10-20(5)11-13-21;19-14-2-1-11(16(20)9-14)7-12-5-6-23(18(12)24)15-3-4-17-13(8-15)10-21-22-17/h2-7,18-19,24,26H,8-17H2,1H3,(H,32,33);6-9H,10-13H2,1-5H3;1-2,9-10,12,15H,3-8H2,(H,21,22). The first kappa shape index (κ1) is 61.8. The van der Waals surface area contributed by atoms with E-state index in [9.17, 15) is 19.2 Å². The highest BCUT2D eigenvalue weighted by atomic mass is 79.9. The van der Waals surface area contributed by atoms with Gasteiger partial charge < -0.3 is 38.7 Å². The quantitative estimate of drug-likeness (QED) is 0.127. The molecule has 2 aromatic heterocycles. The Hall–Kier alpha value is -5.86. The van der Waals surface area contributed by atoms with Crippen molar-refractivity contribution < 1.29 is 28.5 Å². The van der Waals surface area contributed by atoms with Crippen molar-refractivity contribution in [3.05, 3.63) is 157 Å². The molecular formula is C66H80BBrCl2N10O6. The molecule has 5 fully saturated rings. The Morgan fingerprint density at radius 3 is 1.47 bits per heavy atom. The number of carbonyl (C=O) groups is 4. The molecule has 0 bridgehead atoms. The number of hydrogen-bond donors (Lipinski definition) is 2. The Bertz CT molecular complexity index is 3380. The van der Waals surface area contributed by atoms with E-state index in [2.05, 4.69) is 82.2 Å². The molecule has 13 rings (SSSR count). The molecule has 0 spiro atoms. The third-order valence-corrected chi connectivity index (χ3v) is 20.5. The Morgan fingerprint density at radius 2 is 1.01 bits per heavy atom. The number of benzene rings is 4. The molecule has 0 radical (unpaired) electrons. The number of fused-ring (bicyclic) bond motifs is 2. The Kier molecular flexibility index (Phi) is 19.0. The van der Waals surface area contributed by atoms with Crippen molar-refractivity contribution in [1.82, 2.24) is 49.8 Å². The lowest BCUT2D eigenvalue weighted by Crippen LogP contribution is -2.47.